The number of aromatic amines is 1. The van der Waals surface area contributed by atoms with Gasteiger partial charge in [0.05, 0.1) is 30.2 Å². The summed E-state index contributed by atoms with van der Waals surface area (Å²) in [4.78, 5) is 26.4. The van der Waals surface area contributed by atoms with Crippen molar-refractivity contribution in [1.82, 2.24) is 14.8 Å². The zero-order chi connectivity index (χ0) is 18.0. The summed E-state index contributed by atoms with van der Waals surface area (Å²) in [5.74, 6) is -1.07. The second-order valence-corrected chi connectivity index (χ2v) is 5.24. The first kappa shape index (κ1) is 16.3. The number of H-pyrrole nitrogens is 1. The SMILES string of the molecule is CCOC(=O)c1nn(Cc2ccccc2C#N)c2[nH]c(=O)cc(O)c12. The average molecular weight is 338 g/mol. The fourth-order valence-corrected chi connectivity index (χ4v) is 2.57. The molecule has 0 amide bonds. The van der Waals surface area contributed by atoms with Gasteiger partial charge in [-0.1, -0.05) is 18.2 Å². The lowest BCUT2D eigenvalue weighted by atomic mass is 10.1. The van der Waals surface area contributed by atoms with Crippen LogP contribution in [0.15, 0.2) is 35.1 Å². The van der Waals surface area contributed by atoms with Crippen molar-refractivity contribution in [2.24, 2.45) is 0 Å². The Morgan fingerprint density at radius 3 is 2.92 bits per heavy atom. The summed E-state index contributed by atoms with van der Waals surface area (Å²) in [6, 6.07) is 9.97. The summed E-state index contributed by atoms with van der Waals surface area (Å²) in [5.41, 5.74) is 0.663. The van der Waals surface area contributed by atoms with Crippen LogP contribution >= 0.6 is 0 Å². The minimum absolute atomic E-state index is 0.0972. The molecule has 0 unspecified atom stereocenters. The second kappa shape index (κ2) is 6.49. The molecule has 0 bridgehead atoms. The smallest absolute Gasteiger partial charge is 0.359 e. The van der Waals surface area contributed by atoms with E-state index in [1.165, 1.54) is 4.68 Å². The largest absolute Gasteiger partial charge is 0.507 e. The number of hydrogen-bond acceptors (Lipinski definition) is 6. The lowest BCUT2D eigenvalue weighted by Gasteiger charge is -2.05. The van der Waals surface area contributed by atoms with Gasteiger partial charge in [0.2, 0.25) is 0 Å². The van der Waals surface area contributed by atoms with Crippen LogP contribution in [0.5, 0.6) is 5.75 Å². The van der Waals surface area contributed by atoms with Crippen molar-refractivity contribution in [3.8, 4) is 11.8 Å². The third-order valence-corrected chi connectivity index (χ3v) is 3.64. The van der Waals surface area contributed by atoms with Gasteiger partial charge in [-0.2, -0.15) is 10.4 Å². The summed E-state index contributed by atoms with van der Waals surface area (Å²) in [7, 11) is 0. The Labute approximate surface area is 141 Å². The highest BCUT2D eigenvalue weighted by atomic mass is 16.5. The van der Waals surface area contributed by atoms with Crippen molar-refractivity contribution in [2.75, 3.05) is 6.61 Å². The molecule has 2 N–H and O–H groups in total. The Bertz CT molecular complexity index is 1060. The third kappa shape index (κ3) is 2.95. The number of nitriles is 1. The summed E-state index contributed by atoms with van der Waals surface area (Å²) >= 11 is 0. The van der Waals surface area contributed by atoms with E-state index in [1.54, 1.807) is 31.2 Å². The van der Waals surface area contributed by atoms with Crippen molar-refractivity contribution < 1.29 is 14.6 Å². The van der Waals surface area contributed by atoms with E-state index in [2.05, 4.69) is 16.2 Å². The number of aromatic hydroxyl groups is 1. The van der Waals surface area contributed by atoms with Crippen LogP contribution in [0, 0.1) is 11.3 Å². The van der Waals surface area contributed by atoms with E-state index < -0.39 is 11.5 Å². The van der Waals surface area contributed by atoms with Crippen LogP contribution in [-0.2, 0) is 11.3 Å². The minimum Gasteiger partial charge on any atom is -0.507 e. The lowest BCUT2D eigenvalue weighted by Crippen LogP contribution is -2.09. The molecule has 0 aliphatic heterocycles. The van der Waals surface area contributed by atoms with Gasteiger partial charge in [-0.3, -0.25) is 4.79 Å². The monoisotopic (exact) mass is 338 g/mol. The van der Waals surface area contributed by atoms with E-state index in [9.17, 15) is 20.0 Å². The van der Waals surface area contributed by atoms with Crippen molar-refractivity contribution in [2.45, 2.75) is 13.5 Å². The molecule has 8 nitrogen and oxygen atoms in total. The van der Waals surface area contributed by atoms with Gasteiger partial charge in [-0.05, 0) is 18.6 Å². The first-order valence-electron chi connectivity index (χ1n) is 7.53. The van der Waals surface area contributed by atoms with Gasteiger partial charge in [-0.25, -0.2) is 9.48 Å². The van der Waals surface area contributed by atoms with Crippen LogP contribution in [0.25, 0.3) is 11.0 Å². The Hall–Kier alpha value is -3.60. The van der Waals surface area contributed by atoms with Crippen LogP contribution in [0.4, 0.5) is 0 Å². The van der Waals surface area contributed by atoms with Gasteiger partial charge >= 0.3 is 5.97 Å². The van der Waals surface area contributed by atoms with Crippen LogP contribution in [0.1, 0.15) is 28.5 Å². The zero-order valence-electron chi connectivity index (χ0n) is 13.3. The summed E-state index contributed by atoms with van der Waals surface area (Å²) in [5, 5.41) is 23.6. The predicted molar refractivity (Wildman–Crippen MR) is 88.2 cm³/mol. The van der Waals surface area contributed by atoms with Gasteiger partial charge in [-0.15, -0.1) is 0 Å². The summed E-state index contributed by atoms with van der Waals surface area (Å²) < 4.78 is 6.32. The van der Waals surface area contributed by atoms with E-state index in [0.29, 0.717) is 11.1 Å². The molecule has 0 aliphatic rings. The Morgan fingerprint density at radius 1 is 1.44 bits per heavy atom. The van der Waals surface area contributed by atoms with Crippen LogP contribution in [0.2, 0.25) is 0 Å². The van der Waals surface area contributed by atoms with Crippen LogP contribution < -0.4 is 5.56 Å². The summed E-state index contributed by atoms with van der Waals surface area (Å²) in [6.07, 6.45) is 0. The van der Waals surface area contributed by atoms with Gasteiger partial charge < -0.3 is 14.8 Å². The van der Waals surface area contributed by atoms with E-state index in [-0.39, 0.29) is 35.6 Å². The molecule has 2 aromatic heterocycles. The number of carbonyl (C=O) groups is 1. The Balaban J connectivity index is 2.20. The van der Waals surface area contributed by atoms with Crippen LogP contribution in [-0.4, -0.2) is 32.4 Å². The Kier molecular flexibility index (Phi) is 4.22. The lowest BCUT2D eigenvalue weighted by molar-refractivity contribution is 0.0520. The van der Waals surface area contributed by atoms with E-state index in [4.69, 9.17) is 4.74 Å². The molecule has 0 spiro atoms. The summed E-state index contributed by atoms with van der Waals surface area (Å²) in [6.45, 7) is 1.94. The van der Waals surface area contributed by atoms with Gasteiger partial charge in [0, 0.05) is 6.07 Å². The quantitative estimate of drug-likeness (QED) is 0.696. The molecule has 126 valence electrons. The van der Waals surface area contributed by atoms with Gasteiger partial charge in [0.15, 0.2) is 5.69 Å². The molecule has 0 aliphatic carbocycles. The first-order chi connectivity index (χ1) is 12.0. The zero-order valence-corrected chi connectivity index (χ0v) is 13.3. The number of esters is 1. The maximum absolute atomic E-state index is 12.1. The topological polar surface area (TPSA) is 121 Å². The van der Waals surface area contributed by atoms with Crippen molar-refractivity contribution >= 4 is 17.0 Å². The minimum atomic E-state index is -0.706. The Morgan fingerprint density at radius 2 is 2.20 bits per heavy atom. The maximum atomic E-state index is 12.1. The number of rotatable bonds is 4. The molecule has 0 saturated carbocycles. The van der Waals surface area contributed by atoms with Gasteiger partial charge in [0.1, 0.15) is 11.4 Å². The fraction of sp³-hybridized carbons (Fsp3) is 0.176. The highest BCUT2D eigenvalue weighted by molar-refractivity contribution is 6.03. The van der Waals surface area contributed by atoms with Gasteiger partial charge in [0.25, 0.3) is 5.56 Å². The molecule has 2 heterocycles. The van der Waals surface area contributed by atoms with Crippen molar-refractivity contribution in [1.29, 1.82) is 5.26 Å². The second-order valence-electron chi connectivity index (χ2n) is 5.24. The number of ether oxygens (including phenoxy) is 1. The molecule has 0 radical (unpaired) electrons. The number of nitrogens with one attached hydrogen (secondary N) is 1. The standard InChI is InChI=1S/C17H14N4O4/c1-2-25-17(24)15-14-12(22)7-13(23)19-16(14)21(20-15)9-11-6-4-3-5-10(11)8-18/h3-7H,2,9H2,1H3,(H2,19,22,23). The number of fused-ring (bicyclic) bond motifs is 1. The fourth-order valence-electron chi connectivity index (χ4n) is 2.57. The molecule has 25 heavy (non-hydrogen) atoms. The molecule has 8 heteroatoms. The maximum Gasteiger partial charge on any atom is 0.359 e. The molecule has 3 aromatic rings. The van der Waals surface area contributed by atoms with Crippen LogP contribution in [0.3, 0.4) is 0 Å². The van der Waals surface area contributed by atoms with E-state index >= 15 is 0 Å². The molecular formula is C17H14N4O4. The van der Waals surface area contributed by atoms with Crippen molar-refractivity contribution in [3.63, 3.8) is 0 Å². The highest BCUT2D eigenvalue weighted by Gasteiger charge is 2.22. The number of nitrogens with zero attached hydrogens (tertiary/aromatic N) is 3. The molecular weight excluding hydrogens is 324 g/mol. The molecule has 0 atom stereocenters. The molecule has 3 rings (SSSR count). The van der Waals surface area contributed by atoms with E-state index in [0.717, 1.165) is 6.07 Å². The predicted octanol–water partition coefficient (Wildman–Crippen LogP) is 1.53. The molecule has 1 aromatic carbocycles. The number of hydrogen-bond donors (Lipinski definition) is 2. The average Bonchev–Trinajstić information content (AvgIpc) is 2.94. The number of pyridine rings is 1. The van der Waals surface area contributed by atoms with Crippen molar-refractivity contribution in [3.05, 3.63) is 57.5 Å². The first-order valence-corrected chi connectivity index (χ1v) is 7.53. The van der Waals surface area contributed by atoms with E-state index in [1.807, 2.05) is 0 Å². The molecule has 0 saturated heterocycles. The highest BCUT2D eigenvalue weighted by Crippen LogP contribution is 2.26. The normalized spacial score (nSPS) is 10.6. The number of aromatic nitrogens is 3. The molecule has 0 fully saturated rings. The number of carbonyl (C=O) groups excluding carboxylic acids is 1. The third-order valence-electron chi connectivity index (χ3n) is 3.64. The number of benzene rings is 1.